The Morgan fingerprint density at radius 1 is 1.00 bits per heavy atom. The van der Waals surface area contributed by atoms with Crippen LogP contribution in [0.15, 0.2) is 54.6 Å². The van der Waals surface area contributed by atoms with Crippen LogP contribution in [0.2, 0.25) is 0 Å². The number of carbonyl (C=O) groups is 1. The van der Waals surface area contributed by atoms with E-state index >= 15 is 0 Å². The van der Waals surface area contributed by atoms with Crippen molar-refractivity contribution in [3.05, 3.63) is 71.3 Å². The molecule has 0 saturated heterocycles. The monoisotopic (exact) mass is 369 g/mol. The van der Waals surface area contributed by atoms with Gasteiger partial charge < -0.3 is 4.74 Å². The van der Waals surface area contributed by atoms with E-state index in [1.165, 1.54) is 18.2 Å². The first-order valence-corrected chi connectivity index (χ1v) is 9.48. The van der Waals surface area contributed by atoms with Gasteiger partial charge in [-0.1, -0.05) is 75.4 Å². The summed E-state index contributed by atoms with van der Waals surface area (Å²) in [7, 11) is 1.40. The Kier molecular flexibility index (Phi) is 8.01. The van der Waals surface area contributed by atoms with Crippen molar-refractivity contribution in [2.45, 2.75) is 58.1 Å². The summed E-state index contributed by atoms with van der Waals surface area (Å²) in [6.45, 7) is 7.04. The Balaban J connectivity index is 1.80. The Hall–Kier alpha value is -2.17. The van der Waals surface area contributed by atoms with Gasteiger partial charge in [-0.15, -0.1) is 0 Å². The molecule has 2 aromatic rings. The van der Waals surface area contributed by atoms with Crippen molar-refractivity contribution in [1.82, 2.24) is 5.48 Å². The number of carbonyl (C=O) groups excluding carboxylic acids is 1. The molecule has 0 radical (unpaired) electrons. The molecule has 2 aromatic carbocycles. The van der Waals surface area contributed by atoms with E-state index in [9.17, 15) is 4.79 Å². The van der Waals surface area contributed by atoms with Crippen LogP contribution in [-0.4, -0.2) is 19.1 Å². The number of aryl methyl sites for hydroxylation is 1. The molecule has 1 N–H and O–H groups in total. The smallest absolute Gasteiger partial charge is 0.325 e. The molecule has 0 heterocycles. The van der Waals surface area contributed by atoms with Gasteiger partial charge in [-0.05, 0) is 41.4 Å². The van der Waals surface area contributed by atoms with E-state index in [0.29, 0.717) is 13.0 Å². The van der Waals surface area contributed by atoms with E-state index in [4.69, 9.17) is 9.57 Å². The molecule has 146 valence electrons. The molecule has 2 rings (SSSR count). The summed E-state index contributed by atoms with van der Waals surface area (Å²) in [5, 5.41) is 0. The lowest BCUT2D eigenvalue weighted by atomic mass is 9.86. The average Bonchev–Trinajstić information content (AvgIpc) is 2.66. The quantitative estimate of drug-likeness (QED) is 0.520. The standard InChI is InChI=1S/C23H31NO3/c1-23(2,3)20-15-13-18(14-16-20)11-8-12-21(22(25)26-4)24-27-17-19-9-6-5-7-10-19/h5-7,9-10,13-16,21,24H,8,11-12,17H2,1-4H3. The van der Waals surface area contributed by atoms with Crippen LogP contribution in [0.1, 0.15) is 50.3 Å². The molecule has 4 nitrogen and oxygen atoms in total. The number of nitrogens with one attached hydrogen (secondary N) is 1. The zero-order valence-electron chi connectivity index (χ0n) is 16.8. The van der Waals surface area contributed by atoms with Crippen LogP contribution in [0, 0.1) is 0 Å². The molecule has 0 aliphatic rings. The summed E-state index contributed by atoms with van der Waals surface area (Å²) in [6, 6.07) is 18.1. The van der Waals surface area contributed by atoms with Crippen molar-refractivity contribution in [2.75, 3.05) is 7.11 Å². The molecule has 0 fully saturated rings. The number of benzene rings is 2. The second-order valence-corrected chi connectivity index (χ2v) is 7.81. The summed E-state index contributed by atoms with van der Waals surface area (Å²) in [5.74, 6) is -0.300. The van der Waals surface area contributed by atoms with Crippen molar-refractivity contribution in [3.8, 4) is 0 Å². The van der Waals surface area contributed by atoms with E-state index in [0.717, 1.165) is 18.4 Å². The molecule has 0 aliphatic carbocycles. The van der Waals surface area contributed by atoms with Gasteiger partial charge in [-0.25, -0.2) is 0 Å². The van der Waals surface area contributed by atoms with E-state index < -0.39 is 6.04 Å². The molecular formula is C23H31NO3. The fourth-order valence-corrected chi connectivity index (χ4v) is 2.85. The molecule has 0 bridgehead atoms. The summed E-state index contributed by atoms with van der Waals surface area (Å²) in [4.78, 5) is 17.5. The number of methoxy groups -OCH3 is 1. The summed E-state index contributed by atoms with van der Waals surface area (Å²) >= 11 is 0. The molecular weight excluding hydrogens is 338 g/mol. The SMILES string of the molecule is COC(=O)C(CCCc1ccc(C(C)(C)C)cc1)NOCc1ccccc1. The van der Waals surface area contributed by atoms with Gasteiger partial charge in [0, 0.05) is 0 Å². The topological polar surface area (TPSA) is 47.6 Å². The van der Waals surface area contributed by atoms with Gasteiger partial charge in [0.15, 0.2) is 0 Å². The molecule has 0 spiro atoms. The molecule has 1 unspecified atom stereocenters. The first-order valence-electron chi connectivity index (χ1n) is 9.48. The highest BCUT2D eigenvalue weighted by molar-refractivity contribution is 5.75. The lowest BCUT2D eigenvalue weighted by Crippen LogP contribution is -2.37. The second kappa shape index (κ2) is 10.2. The van der Waals surface area contributed by atoms with E-state index in [-0.39, 0.29) is 11.4 Å². The van der Waals surface area contributed by atoms with E-state index in [2.05, 4.69) is 50.5 Å². The molecule has 0 aromatic heterocycles. The molecule has 27 heavy (non-hydrogen) atoms. The maximum atomic E-state index is 12.0. The Labute approximate surface area is 162 Å². The van der Waals surface area contributed by atoms with E-state index in [1.54, 1.807) is 0 Å². The molecule has 0 aliphatic heterocycles. The zero-order chi connectivity index (χ0) is 19.7. The van der Waals surface area contributed by atoms with Gasteiger partial charge in [0.05, 0.1) is 13.7 Å². The minimum atomic E-state index is -0.465. The van der Waals surface area contributed by atoms with E-state index in [1.807, 2.05) is 30.3 Å². The number of ether oxygens (including phenoxy) is 1. The average molecular weight is 370 g/mol. The number of hydrogen-bond donors (Lipinski definition) is 1. The maximum Gasteiger partial charge on any atom is 0.325 e. The fraction of sp³-hybridized carbons (Fsp3) is 0.435. The minimum Gasteiger partial charge on any atom is -0.468 e. The second-order valence-electron chi connectivity index (χ2n) is 7.81. The lowest BCUT2D eigenvalue weighted by Gasteiger charge is -2.19. The third kappa shape index (κ3) is 7.16. The predicted molar refractivity (Wildman–Crippen MR) is 108 cm³/mol. The van der Waals surface area contributed by atoms with Crippen molar-refractivity contribution in [1.29, 1.82) is 0 Å². The number of esters is 1. The van der Waals surface area contributed by atoms with Crippen molar-refractivity contribution >= 4 is 5.97 Å². The highest BCUT2D eigenvalue weighted by Gasteiger charge is 2.19. The Morgan fingerprint density at radius 3 is 2.26 bits per heavy atom. The van der Waals surface area contributed by atoms with Crippen molar-refractivity contribution in [3.63, 3.8) is 0 Å². The third-order valence-electron chi connectivity index (χ3n) is 4.57. The molecule has 4 heteroatoms. The Morgan fingerprint density at radius 2 is 1.67 bits per heavy atom. The number of hydrogen-bond acceptors (Lipinski definition) is 4. The highest BCUT2D eigenvalue weighted by atomic mass is 16.6. The van der Waals surface area contributed by atoms with Crippen LogP contribution in [0.25, 0.3) is 0 Å². The van der Waals surface area contributed by atoms with Gasteiger partial charge in [0.2, 0.25) is 0 Å². The van der Waals surface area contributed by atoms with Crippen LogP contribution in [0.5, 0.6) is 0 Å². The van der Waals surface area contributed by atoms with Crippen molar-refractivity contribution < 1.29 is 14.4 Å². The molecule has 0 amide bonds. The fourth-order valence-electron chi connectivity index (χ4n) is 2.85. The van der Waals surface area contributed by atoms with Gasteiger partial charge in [0.1, 0.15) is 6.04 Å². The van der Waals surface area contributed by atoms with Crippen LogP contribution < -0.4 is 5.48 Å². The van der Waals surface area contributed by atoms with Gasteiger partial charge >= 0.3 is 5.97 Å². The van der Waals surface area contributed by atoms with Gasteiger partial charge in [0.25, 0.3) is 0 Å². The largest absolute Gasteiger partial charge is 0.468 e. The van der Waals surface area contributed by atoms with Crippen LogP contribution in [0.4, 0.5) is 0 Å². The summed E-state index contributed by atoms with van der Waals surface area (Å²) in [6.07, 6.45) is 2.44. The van der Waals surface area contributed by atoms with Crippen LogP contribution in [-0.2, 0) is 32.8 Å². The highest BCUT2D eigenvalue weighted by Crippen LogP contribution is 2.22. The van der Waals surface area contributed by atoms with Gasteiger partial charge in [-0.3, -0.25) is 9.63 Å². The predicted octanol–water partition coefficient (Wildman–Crippen LogP) is 4.57. The maximum absolute atomic E-state index is 12.0. The number of rotatable bonds is 9. The summed E-state index contributed by atoms with van der Waals surface area (Å²) in [5.41, 5.74) is 6.67. The molecule has 1 atom stereocenters. The third-order valence-corrected chi connectivity index (χ3v) is 4.57. The minimum absolute atomic E-state index is 0.161. The van der Waals surface area contributed by atoms with Gasteiger partial charge in [-0.2, -0.15) is 5.48 Å². The van der Waals surface area contributed by atoms with Crippen LogP contribution >= 0.6 is 0 Å². The first-order chi connectivity index (χ1) is 12.9. The van der Waals surface area contributed by atoms with Crippen molar-refractivity contribution in [2.24, 2.45) is 0 Å². The molecule has 0 saturated carbocycles. The normalized spacial score (nSPS) is 12.6. The Bertz CT molecular complexity index is 690. The lowest BCUT2D eigenvalue weighted by molar-refractivity contribution is -0.148. The first kappa shape index (κ1) is 21.1. The summed E-state index contributed by atoms with van der Waals surface area (Å²) < 4.78 is 4.89. The zero-order valence-corrected chi connectivity index (χ0v) is 16.8. The number of hydroxylamine groups is 1. The van der Waals surface area contributed by atoms with Crippen LogP contribution in [0.3, 0.4) is 0 Å².